The second kappa shape index (κ2) is 13.9. The van der Waals surface area contributed by atoms with E-state index in [0.717, 1.165) is 25.7 Å². The Morgan fingerprint density at radius 3 is 2.20 bits per heavy atom. The maximum absolute atomic E-state index is 11.5. The van der Waals surface area contributed by atoms with Gasteiger partial charge in [0, 0.05) is 61.2 Å². The number of nitrogens with one attached hydrogen (secondary N) is 4. The Morgan fingerprint density at radius 1 is 0.800 bits per heavy atom. The molecule has 0 spiro atoms. The molecule has 5 heterocycles. The van der Waals surface area contributed by atoms with Gasteiger partial charge in [-0.1, -0.05) is 36.6 Å². The first-order valence-corrected chi connectivity index (χ1v) is 14.9. The summed E-state index contributed by atoms with van der Waals surface area (Å²) in [6.07, 6.45) is 9.22. The standard InChI is InChI=1S/C30H48N4O4.2ClH/c1-15-9-20-12-25-17(3)21(5-7-29(35)36)27(33-25)14-28-22(6-8-30(37)38)18(4)26(34-28)13-24-16(2)10-19(32-24)11-23(15)31-20;;/h10,15,18-20,22-28,31-34H,5-9,11-14H2,1-4H3,(H,35,36)(H,37,38);2*1H. The molecule has 10 heteroatoms. The average Bonchev–Trinajstić information content (AvgIpc) is 3.53. The molecule has 8 bridgehead atoms. The van der Waals surface area contributed by atoms with E-state index in [1.165, 1.54) is 23.1 Å². The van der Waals surface area contributed by atoms with E-state index in [-0.39, 0.29) is 61.7 Å². The molecule has 3 fully saturated rings. The zero-order valence-electron chi connectivity index (χ0n) is 24.3. The molecule has 3 saturated heterocycles. The quantitative estimate of drug-likeness (QED) is 0.253. The van der Waals surface area contributed by atoms with E-state index in [2.05, 4.69) is 55.0 Å². The lowest BCUT2D eigenvalue weighted by Crippen LogP contribution is -2.45. The molecule has 40 heavy (non-hydrogen) atoms. The molecule has 0 amide bonds. The third kappa shape index (κ3) is 7.24. The molecule has 5 aliphatic rings. The van der Waals surface area contributed by atoms with Crippen molar-refractivity contribution in [3.63, 3.8) is 0 Å². The summed E-state index contributed by atoms with van der Waals surface area (Å²) < 4.78 is 0. The van der Waals surface area contributed by atoms with E-state index in [1.54, 1.807) is 0 Å². The first-order chi connectivity index (χ1) is 18.1. The first-order valence-electron chi connectivity index (χ1n) is 14.9. The lowest BCUT2D eigenvalue weighted by atomic mass is 9.80. The lowest BCUT2D eigenvalue weighted by Gasteiger charge is -2.27. The molecule has 5 rings (SSSR count). The Hall–Kier alpha value is -1.16. The summed E-state index contributed by atoms with van der Waals surface area (Å²) in [6, 6.07) is 2.60. The van der Waals surface area contributed by atoms with Crippen molar-refractivity contribution in [2.45, 2.75) is 134 Å². The Kier molecular flexibility index (Phi) is 11.6. The molecule has 5 aliphatic heterocycles. The van der Waals surface area contributed by atoms with Crippen molar-refractivity contribution >= 4 is 36.8 Å². The fraction of sp³-hybridized carbons (Fsp3) is 0.800. The summed E-state index contributed by atoms with van der Waals surface area (Å²) in [7, 11) is 0. The largest absolute Gasteiger partial charge is 0.481 e. The van der Waals surface area contributed by atoms with Gasteiger partial charge in [-0.15, -0.1) is 24.8 Å². The molecule has 6 N–H and O–H groups in total. The molecular weight excluding hydrogens is 551 g/mol. The van der Waals surface area contributed by atoms with Crippen LogP contribution < -0.4 is 21.3 Å². The van der Waals surface area contributed by atoms with Crippen molar-refractivity contribution in [1.29, 1.82) is 0 Å². The van der Waals surface area contributed by atoms with Crippen LogP contribution in [-0.4, -0.2) is 70.5 Å². The van der Waals surface area contributed by atoms with Crippen LogP contribution in [0.15, 0.2) is 22.8 Å². The van der Waals surface area contributed by atoms with Crippen molar-refractivity contribution in [3.8, 4) is 0 Å². The monoisotopic (exact) mass is 600 g/mol. The van der Waals surface area contributed by atoms with Crippen LogP contribution in [0.25, 0.3) is 0 Å². The Labute approximate surface area is 251 Å². The fourth-order valence-corrected chi connectivity index (χ4v) is 8.47. The third-order valence-electron chi connectivity index (χ3n) is 10.6. The molecule has 0 aromatic rings. The second-order valence-electron chi connectivity index (χ2n) is 13.1. The number of halogens is 2. The zero-order chi connectivity index (χ0) is 27.1. The molecule has 11 unspecified atom stereocenters. The number of carbonyl (C=O) groups is 2. The topological polar surface area (TPSA) is 123 Å². The average molecular weight is 602 g/mol. The van der Waals surface area contributed by atoms with Gasteiger partial charge in [0.1, 0.15) is 0 Å². The van der Waals surface area contributed by atoms with Gasteiger partial charge in [-0.05, 0) is 76.5 Å². The minimum Gasteiger partial charge on any atom is -0.481 e. The van der Waals surface area contributed by atoms with E-state index in [9.17, 15) is 19.8 Å². The van der Waals surface area contributed by atoms with Crippen molar-refractivity contribution < 1.29 is 19.8 Å². The lowest BCUT2D eigenvalue weighted by molar-refractivity contribution is -0.138. The summed E-state index contributed by atoms with van der Waals surface area (Å²) >= 11 is 0. The highest BCUT2D eigenvalue weighted by Gasteiger charge is 2.45. The molecule has 0 radical (unpaired) electrons. The molecule has 0 aromatic heterocycles. The Morgan fingerprint density at radius 2 is 1.50 bits per heavy atom. The number of aliphatic carboxylic acids is 2. The highest BCUT2D eigenvalue weighted by Crippen LogP contribution is 2.40. The minimum atomic E-state index is -0.752. The molecule has 0 aromatic carbocycles. The van der Waals surface area contributed by atoms with Gasteiger partial charge in [-0.2, -0.15) is 0 Å². The summed E-state index contributed by atoms with van der Waals surface area (Å²) in [5.41, 5.74) is 4.01. The normalized spacial score (nSPS) is 40.8. The van der Waals surface area contributed by atoms with Gasteiger partial charge >= 0.3 is 11.9 Å². The maximum atomic E-state index is 11.5. The van der Waals surface area contributed by atoms with E-state index < -0.39 is 11.9 Å². The van der Waals surface area contributed by atoms with E-state index in [4.69, 9.17) is 0 Å². The van der Waals surface area contributed by atoms with E-state index >= 15 is 0 Å². The summed E-state index contributed by atoms with van der Waals surface area (Å²) in [4.78, 5) is 23.0. The predicted molar refractivity (Wildman–Crippen MR) is 162 cm³/mol. The SMILES string of the molecule is CC1=CC2CC3NC(CC4NC(CC5NC(CC1N2)C(C)C5CCC(=O)O)C(CCC(=O)O)=C4C)CC3C.Cl.Cl. The smallest absolute Gasteiger partial charge is 0.303 e. The second-order valence-corrected chi connectivity index (χ2v) is 13.1. The van der Waals surface area contributed by atoms with Gasteiger partial charge < -0.3 is 31.5 Å². The number of hydrogen-bond donors (Lipinski definition) is 6. The molecule has 0 aliphatic carbocycles. The van der Waals surface area contributed by atoms with Crippen molar-refractivity contribution in [2.24, 2.45) is 17.8 Å². The minimum absolute atomic E-state index is 0. The maximum Gasteiger partial charge on any atom is 0.303 e. The number of hydrogen-bond acceptors (Lipinski definition) is 6. The van der Waals surface area contributed by atoms with Crippen LogP contribution in [0, 0.1) is 17.8 Å². The number of fused-ring (bicyclic) bond motifs is 8. The van der Waals surface area contributed by atoms with Crippen molar-refractivity contribution in [2.75, 3.05) is 0 Å². The van der Waals surface area contributed by atoms with Crippen LogP contribution in [0.1, 0.15) is 85.5 Å². The van der Waals surface area contributed by atoms with E-state index in [0.29, 0.717) is 54.9 Å². The van der Waals surface area contributed by atoms with Gasteiger partial charge in [0.15, 0.2) is 0 Å². The third-order valence-corrected chi connectivity index (χ3v) is 10.6. The zero-order valence-corrected chi connectivity index (χ0v) is 26.0. The van der Waals surface area contributed by atoms with Crippen LogP contribution in [-0.2, 0) is 9.59 Å². The van der Waals surface area contributed by atoms with Crippen LogP contribution in [0.4, 0.5) is 0 Å². The van der Waals surface area contributed by atoms with Crippen LogP contribution in [0.3, 0.4) is 0 Å². The number of carboxylic acids is 2. The molecule has 0 saturated carbocycles. The van der Waals surface area contributed by atoms with Crippen LogP contribution in [0.2, 0.25) is 0 Å². The summed E-state index contributed by atoms with van der Waals surface area (Å²) in [5.74, 6) is -0.186. The van der Waals surface area contributed by atoms with E-state index in [1.807, 2.05) is 0 Å². The molecule has 8 nitrogen and oxygen atoms in total. The molecular formula is C30H50Cl2N4O4. The number of rotatable bonds is 6. The first kappa shape index (κ1) is 33.3. The van der Waals surface area contributed by atoms with Crippen molar-refractivity contribution in [1.82, 2.24) is 21.3 Å². The van der Waals surface area contributed by atoms with Crippen LogP contribution >= 0.6 is 24.8 Å². The summed E-state index contributed by atoms with van der Waals surface area (Å²) in [5, 5.41) is 34.7. The van der Waals surface area contributed by atoms with Gasteiger partial charge in [0.2, 0.25) is 0 Å². The van der Waals surface area contributed by atoms with Crippen molar-refractivity contribution in [3.05, 3.63) is 22.8 Å². The highest BCUT2D eigenvalue weighted by atomic mass is 35.5. The molecule has 11 atom stereocenters. The van der Waals surface area contributed by atoms with Gasteiger partial charge in [-0.25, -0.2) is 0 Å². The number of carboxylic acid groups (broad SMARTS) is 2. The van der Waals surface area contributed by atoms with Gasteiger partial charge in [-0.3, -0.25) is 9.59 Å². The predicted octanol–water partition coefficient (Wildman–Crippen LogP) is 4.04. The Bertz CT molecular complexity index is 991. The Balaban J connectivity index is 0.00000220. The van der Waals surface area contributed by atoms with Gasteiger partial charge in [0.05, 0.1) is 0 Å². The fourth-order valence-electron chi connectivity index (χ4n) is 8.47. The van der Waals surface area contributed by atoms with Gasteiger partial charge in [0.25, 0.3) is 0 Å². The molecule has 228 valence electrons. The summed E-state index contributed by atoms with van der Waals surface area (Å²) in [6.45, 7) is 9.13. The van der Waals surface area contributed by atoms with Crippen LogP contribution in [0.5, 0.6) is 0 Å². The highest BCUT2D eigenvalue weighted by molar-refractivity contribution is 5.85.